The van der Waals surface area contributed by atoms with Crippen molar-refractivity contribution in [1.82, 2.24) is 0 Å². The van der Waals surface area contributed by atoms with Crippen LogP contribution in [0.1, 0.15) is 40.0 Å². The van der Waals surface area contributed by atoms with Crippen LogP contribution in [0.2, 0.25) is 0 Å². The first kappa shape index (κ1) is 13.9. The molecule has 3 heteroatoms. The summed E-state index contributed by atoms with van der Waals surface area (Å²) in [6.07, 6.45) is 3.63. The minimum absolute atomic E-state index is 0.00487. The van der Waals surface area contributed by atoms with Crippen LogP contribution in [0.4, 0.5) is 0 Å². The zero-order chi connectivity index (χ0) is 12.0. The highest BCUT2D eigenvalue weighted by Crippen LogP contribution is 2.24. The third kappa shape index (κ3) is 4.40. The van der Waals surface area contributed by atoms with E-state index >= 15 is 0 Å². The summed E-state index contributed by atoms with van der Waals surface area (Å²) in [7, 11) is 1.76. The van der Waals surface area contributed by atoms with Gasteiger partial charge in [0.25, 0.3) is 0 Å². The number of methoxy groups -OCH3 is 1. The van der Waals surface area contributed by atoms with Crippen LogP contribution in [0, 0.1) is 11.8 Å². The summed E-state index contributed by atoms with van der Waals surface area (Å²) in [6.45, 7) is 8.14. The molecule has 1 heterocycles. The van der Waals surface area contributed by atoms with Crippen molar-refractivity contribution in [2.45, 2.75) is 52.4 Å². The summed E-state index contributed by atoms with van der Waals surface area (Å²) in [5, 5.41) is 0. The van der Waals surface area contributed by atoms with Gasteiger partial charge in [-0.1, -0.05) is 13.8 Å². The predicted octanol–water partition coefficient (Wildman–Crippen LogP) is 2.84. The predicted molar refractivity (Wildman–Crippen MR) is 64.3 cm³/mol. The number of hydrogen-bond donors (Lipinski definition) is 0. The van der Waals surface area contributed by atoms with Gasteiger partial charge in [0.1, 0.15) is 0 Å². The first-order valence-corrected chi connectivity index (χ1v) is 6.43. The molecule has 1 saturated heterocycles. The van der Waals surface area contributed by atoms with E-state index in [1.54, 1.807) is 7.11 Å². The second-order valence-electron chi connectivity index (χ2n) is 4.93. The molecular weight excluding hydrogens is 204 g/mol. The molecule has 1 fully saturated rings. The second kappa shape index (κ2) is 7.25. The first-order chi connectivity index (χ1) is 7.67. The van der Waals surface area contributed by atoms with Crippen LogP contribution in [0.5, 0.6) is 0 Å². The summed E-state index contributed by atoms with van der Waals surface area (Å²) in [6, 6.07) is 0. The monoisotopic (exact) mass is 230 g/mol. The van der Waals surface area contributed by atoms with Gasteiger partial charge in [-0.3, -0.25) is 0 Å². The van der Waals surface area contributed by atoms with E-state index in [1.165, 1.54) is 0 Å². The van der Waals surface area contributed by atoms with E-state index in [1.807, 2.05) is 0 Å². The van der Waals surface area contributed by atoms with Crippen LogP contribution in [-0.4, -0.2) is 32.7 Å². The summed E-state index contributed by atoms with van der Waals surface area (Å²) >= 11 is 0. The molecule has 1 rings (SSSR count). The maximum atomic E-state index is 5.75. The molecule has 0 aromatic heterocycles. The Hall–Kier alpha value is -0.120. The molecule has 0 bridgehead atoms. The fourth-order valence-electron chi connectivity index (χ4n) is 1.99. The molecule has 0 N–H and O–H groups in total. The molecule has 0 spiro atoms. The van der Waals surface area contributed by atoms with E-state index < -0.39 is 0 Å². The van der Waals surface area contributed by atoms with Crippen molar-refractivity contribution in [2.24, 2.45) is 11.8 Å². The molecule has 0 radical (unpaired) electrons. The van der Waals surface area contributed by atoms with Crippen molar-refractivity contribution in [3.8, 4) is 0 Å². The highest BCUT2D eigenvalue weighted by molar-refractivity contribution is 4.68. The molecule has 2 unspecified atom stereocenters. The maximum Gasteiger partial charge on any atom is 0.160 e. The van der Waals surface area contributed by atoms with E-state index in [-0.39, 0.29) is 6.29 Å². The molecule has 0 amide bonds. The molecule has 16 heavy (non-hydrogen) atoms. The lowest BCUT2D eigenvalue weighted by atomic mass is 9.97. The average Bonchev–Trinajstić information content (AvgIpc) is 2.31. The van der Waals surface area contributed by atoms with Gasteiger partial charge in [-0.2, -0.15) is 0 Å². The Morgan fingerprint density at radius 3 is 2.38 bits per heavy atom. The smallest absolute Gasteiger partial charge is 0.160 e. The zero-order valence-corrected chi connectivity index (χ0v) is 11.1. The average molecular weight is 230 g/mol. The number of ether oxygens (including phenoxy) is 3. The van der Waals surface area contributed by atoms with Crippen molar-refractivity contribution in [1.29, 1.82) is 0 Å². The summed E-state index contributed by atoms with van der Waals surface area (Å²) < 4.78 is 16.8. The van der Waals surface area contributed by atoms with Gasteiger partial charge in [0, 0.05) is 18.9 Å². The number of hydrogen-bond acceptors (Lipinski definition) is 3. The van der Waals surface area contributed by atoms with E-state index in [4.69, 9.17) is 14.2 Å². The third-order valence-electron chi connectivity index (χ3n) is 3.35. The summed E-state index contributed by atoms with van der Waals surface area (Å²) in [4.78, 5) is 0. The standard InChI is InChI=1S/C13H26O3/c1-5-12(7-6-11(3)14-4)13-15-8-10(2)9-16-13/h10-13H,5-9H2,1-4H3. The fourth-order valence-corrected chi connectivity index (χ4v) is 1.99. The van der Waals surface area contributed by atoms with Crippen molar-refractivity contribution in [3.05, 3.63) is 0 Å². The second-order valence-corrected chi connectivity index (χ2v) is 4.93. The van der Waals surface area contributed by atoms with E-state index in [0.29, 0.717) is 17.9 Å². The van der Waals surface area contributed by atoms with Gasteiger partial charge in [-0.25, -0.2) is 0 Å². The lowest BCUT2D eigenvalue weighted by molar-refractivity contribution is -0.223. The minimum atomic E-state index is 0.00487. The minimum Gasteiger partial charge on any atom is -0.382 e. The quantitative estimate of drug-likeness (QED) is 0.702. The van der Waals surface area contributed by atoms with Gasteiger partial charge < -0.3 is 14.2 Å². The first-order valence-electron chi connectivity index (χ1n) is 6.43. The Morgan fingerprint density at radius 1 is 1.25 bits per heavy atom. The van der Waals surface area contributed by atoms with Crippen LogP contribution in [0.3, 0.4) is 0 Å². The summed E-state index contributed by atoms with van der Waals surface area (Å²) in [5.41, 5.74) is 0. The van der Waals surface area contributed by atoms with E-state index in [9.17, 15) is 0 Å². The molecule has 0 saturated carbocycles. The molecular formula is C13H26O3. The lowest BCUT2D eigenvalue weighted by Gasteiger charge is -2.33. The maximum absolute atomic E-state index is 5.75. The van der Waals surface area contributed by atoms with Crippen LogP contribution >= 0.6 is 0 Å². The zero-order valence-electron chi connectivity index (χ0n) is 11.1. The van der Waals surface area contributed by atoms with Crippen molar-refractivity contribution < 1.29 is 14.2 Å². The highest BCUT2D eigenvalue weighted by Gasteiger charge is 2.26. The summed E-state index contributed by atoms with van der Waals surface area (Å²) in [5.74, 6) is 1.04. The molecule has 0 aromatic rings. The molecule has 3 nitrogen and oxygen atoms in total. The van der Waals surface area contributed by atoms with Crippen molar-refractivity contribution >= 4 is 0 Å². The Labute approximate surface area is 99.5 Å². The van der Waals surface area contributed by atoms with Gasteiger partial charge >= 0.3 is 0 Å². The van der Waals surface area contributed by atoms with Crippen LogP contribution in [-0.2, 0) is 14.2 Å². The normalized spacial score (nSPS) is 30.0. The van der Waals surface area contributed by atoms with Gasteiger partial charge in [0.05, 0.1) is 19.3 Å². The molecule has 1 aliphatic rings. The molecule has 1 aliphatic heterocycles. The molecule has 2 atom stereocenters. The molecule has 96 valence electrons. The SMILES string of the molecule is CCC(CCC(C)OC)C1OCC(C)CO1. The van der Waals surface area contributed by atoms with Crippen LogP contribution in [0.15, 0.2) is 0 Å². The Kier molecular flexibility index (Phi) is 6.32. The van der Waals surface area contributed by atoms with Gasteiger partial charge in [-0.15, -0.1) is 0 Å². The topological polar surface area (TPSA) is 27.7 Å². The van der Waals surface area contributed by atoms with Gasteiger partial charge in [0.2, 0.25) is 0 Å². The molecule has 0 aromatic carbocycles. The third-order valence-corrected chi connectivity index (χ3v) is 3.35. The highest BCUT2D eigenvalue weighted by atomic mass is 16.7. The Bertz CT molecular complexity index is 176. The van der Waals surface area contributed by atoms with Crippen LogP contribution < -0.4 is 0 Å². The molecule has 0 aliphatic carbocycles. The van der Waals surface area contributed by atoms with Crippen molar-refractivity contribution in [2.75, 3.05) is 20.3 Å². The van der Waals surface area contributed by atoms with Gasteiger partial charge in [0.15, 0.2) is 6.29 Å². The Balaban J connectivity index is 2.30. The van der Waals surface area contributed by atoms with Gasteiger partial charge in [-0.05, 0) is 26.2 Å². The van der Waals surface area contributed by atoms with Crippen LogP contribution in [0.25, 0.3) is 0 Å². The lowest BCUT2D eigenvalue weighted by Crippen LogP contribution is -2.36. The Morgan fingerprint density at radius 2 is 1.88 bits per heavy atom. The largest absolute Gasteiger partial charge is 0.382 e. The van der Waals surface area contributed by atoms with E-state index in [0.717, 1.165) is 32.5 Å². The van der Waals surface area contributed by atoms with Crippen molar-refractivity contribution in [3.63, 3.8) is 0 Å². The number of rotatable bonds is 6. The van der Waals surface area contributed by atoms with E-state index in [2.05, 4.69) is 20.8 Å². The fraction of sp³-hybridized carbons (Fsp3) is 1.00.